The smallest absolute Gasteiger partial charge is 0.410 e. The maximum Gasteiger partial charge on any atom is 0.410 e. The Morgan fingerprint density at radius 2 is 1.87 bits per heavy atom. The Kier molecular flexibility index (Phi) is 4.72. The summed E-state index contributed by atoms with van der Waals surface area (Å²) >= 11 is 0. The van der Waals surface area contributed by atoms with Crippen LogP contribution in [0.5, 0.6) is 0 Å². The van der Waals surface area contributed by atoms with E-state index in [1.807, 2.05) is 20.8 Å². The third-order valence-corrected chi connectivity index (χ3v) is 5.02. The van der Waals surface area contributed by atoms with E-state index >= 15 is 0 Å². The van der Waals surface area contributed by atoms with Crippen LogP contribution in [0.3, 0.4) is 0 Å². The van der Waals surface area contributed by atoms with Crippen molar-refractivity contribution in [1.82, 2.24) is 14.8 Å². The zero-order valence-corrected chi connectivity index (χ0v) is 17.4. The standard InChI is InChI=1S/C21H23N5O5/c1-21(2,3)31-20(30)25-7-6-23-14-8-12(5-4-11(14)10-25)26-15(27)9-13-16(17(26)22)19(29)24-18(13)28/h4-5,8-9,23H,6-7,10,22H2,1-3H3,(H,24,28,29). The van der Waals surface area contributed by atoms with Crippen molar-refractivity contribution in [3.05, 3.63) is 51.3 Å². The average molecular weight is 425 g/mol. The Balaban J connectivity index is 1.69. The number of amides is 3. The number of nitrogens with two attached hydrogens (primary N) is 1. The predicted molar refractivity (Wildman–Crippen MR) is 113 cm³/mol. The largest absolute Gasteiger partial charge is 0.444 e. The van der Waals surface area contributed by atoms with Crippen molar-refractivity contribution < 1.29 is 19.1 Å². The van der Waals surface area contributed by atoms with Crippen LogP contribution in [0.4, 0.5) is 16.3 Å². The summed E-state index contributed by atoms with van der Waals surface area (Å²) in [5.41, 5.74) is 6.97. The van der Waals surface area contributed by atoms with Crippen molar-refractivity contribution >= 4 is 29.4 Å². The molecule has 10 heteroatoms. The molecule has 1 aromatic carbocycles. The lowest BCUT2D eigenvalue weighted by atomic mass is 10.1. The number of fused-ring (bicyclic) bond motifs is 2. The first-order valence-corrected chi connectivity index (χ1v) is 9.81. The minimum atomic E-state index is -0.637. The summed E-state index contributed by atoms with van der Waals surface area (Å²) in [4.78, 5) is 50.7. The number of aromatic nitrogens is 1. The molecule has 0 saturated heterocycles. The molecule has 3 amide bonds. The minimum Gasteiger partial charge on any atom is -0.444 e. The van der Waals surface area contributed by atoms with Crippen LogP contribution >= 0.6 is 0 Å². The first-order chi connectivity index (χ1) is 14.5. The number of nitrogens with one attached hydrogen (secondary N) is 2. The number of carbonyl (C=O) groups is 3. The molecule has 0 aliphatic carbocycles. The Bertz CT molecular complexity index is 1180. The lowest BCUT2D eigenvalue weighted by molar-refractivity contribution is 0.0245. The van der Waals surface area contributed by atoms with E-state index in [0.717, 1.165) is 17.3 Å². The molecule has 31 heavy (non-hydrogen) atoms. The van der Waals surface area contributed by atoms with Gasteiger partial charge in [-0.1, -0.05) is 6.07 Å². The highest BCUT2D eigenvalue weighted by molar-refractivity contribution is 6.23. The molecule has 162 valence electrons. The van der Waals surface area contributed by atoms with Gasteiger partial charge in [0.1, 0.15) is 11.4 Å². The molecule has 2 aliphatic rings. The van der Waals surface area contributed by atoms with Crippen LogP contribution in [0.2, 0.25) is 0 Å². The van der Waals surface area contributed by atoms with E-state index in [9.17, 15) is 19.2 Å². The Morgan fingerprint density at radius 1 is 1.13 bits per heavy atom. The zero-order valence-electron chi connectivity index (χ0n) is 17.4. The molecule has 0 spiro atoms. The van der Waals surface area contributed by atoms with Gasteiger partial charge in [-0.25, -0.2) is 4.79 Å². The fourth-order valence-electron chi connectivity index (χ4n) is 3.64. The number of ether oxygens (including phenoxy) is 1. The number of anilines is 2. The van der Waals surface area contributed by atoms with Crippen molar-refractivity contribution in [2.24, 2.45) is 0 Å². The van der Waals surface area contributed by atoms with Crippen LogP contribution < -0.4 is 21.9 Å². The van der Waals surface area contributed by atoms with Crippen molar-refractivity contribution in [3.63, 3.8) is 0 Å². The zero-order chi connectivity index (χ0) is 22.5. The van der Waals surface area contributed by atoms with Crippen LogP contribution in [0.15, 0.2) is 29.1 Å². The van der Waals surface area contributed by atoms with Gasteiger partial charge in [0.05, 0.1) is 23.4 Å². The van der Waals surface area contributed by atoms with Gasteiger partial charge in [-0.05, 0) is 38.5 Å². The van der Waals surface area contributed by atoms with Crippen molar-refractivity contribution in [3.8, 4) is 5.69 Å². The van der Waals surface area contributed by atoms with Gasteiger partial charge in [-0.15, -0.1) is 0 Å². The summed E-state index contributed by atoms with van der Waals surface area (Å²) < 4.78 is 6.66. The molecule has 0 fully saturated rings. The van der Waals surface area contributed by atoms with E-state index in [1.54, 1.807) is 23.1 Å². The minimum absolute atomic E-state index is 0.0106. The van der Waals surface area contributed by atoms with Gasteiger partial charge in [0.15, 0.2) is 0 Å². The number of pyridine rings is 1. The van der Waals surface area contributed by atoms with E-state index in [4.69, 9.17) is 10.5 Å². The van der Waals surface area contributed by atoms with Gasteiger partial charge in [0.2, 0.25) is 0 Å². The van der Waals surface area contributed by atoms with Gasteiger partial charge < -0.3 is 20.7 Å². The summed E-state index contributed by atoms with van der Waals surface area (Å²) in [5, 5.41) is 5.40. The summed E-state index contributed by atoms with van der Waals surface area (Å²) in [6, 6.07) is 6.30. The van der Waals surface area contributed by atoms with E-state index in [0.29, 0.717) is 25.3 Å². The van der Waals surface area contributed by atoms with Crippen LogP contribution in [0.1, 0.15) is 47.1 Å². The number of carbonyl (C=O) groups excluding carboxylic acids is 3. The molecule has 4 rings (SSSR count). The van der Waals surface area contributed by atoms with Crippen molar-refractivity contribution in [2.45, 2.75) is 32.9 Å². The Labute approximate surface area is 178 Å². The lowest BCUT2D eigenvalue weighted by Crippen LogP contribution is -2.37. The van der Waals surface area contributed by atoms with Crippen molar-refractivity contribution in [1.29, 1.82) is 0 Å². The quantitative estimate of drug-likeness (QED) is 0.589. The monoisotopic (exact) mass is 425 g/mol. The van der Waals surface area contributed by atoms with Crippen LogP contribution in [-0.2, 0) is 11.3 Å². The summed E-state index contributed by atoms with van der Waals surface area (Å²) in [5.74, 6) is -1.37. The first-order valence-electron chi connectivity index (χ1n) is 9.81. The van der Waals surface area contributed by atoms with Gasteiger partial charge in [0, 0.05) is 24.8 Å². The van der Waals surface area contributed by atoms with Crippen LogP contribution in [-0.4, -0.2) is 46.1 Å². The number of hydrogen-bond acceptors (Lipinski definition) is 7. The fraction of sp³-hybridized carbons (Fsp3) is 0.333. The number of nitrogens with zero attached hydrogens (tertiary/aromatic N) is 2. The first kappa shape index (κ1) is 20.5. The molecule has 3 heterocycles. The number of imide groups is 1. The number of nitrogen functional groups attached to an aromatic ring is 1. The summed E-state index contributed by atoms with van der Waals surface area (Å²) in [6.07, 6.45) is -0.402. The number of hydrogen-bond donors (Lipinski definition) is 3. The van der Waals surface area contributed by atoms with Gasteiger partial charge >= 0.3 is 6.09 Å². The van der Waals surface area contributed by atoms with Crippen molar-refractivity contribution in [2.75, 3.05) is 24.1 Å². The second-order valence-corrected chi connectivity index (χ2v) is 8.45. The topological polar surface area (TPSA) is 136 Å². The molecular formula is C21H23N5O5. The predicted octanol–water partition coefficient (Wildman–Crippen LogP) is 1.47. The molecule has 0 radical (unpaired) electrons. The maximum absolute atomic E-state index is 12.7. The SMILES string of the molecule is CC(C)(C)OC(=O)N1CCNc2cc(-n3c(N)c4c(cc3=O)C(=O)NC4=O)ccc2C1. The van der Waals surface area contributed by atoms with Gasteiger partial charge in [0.25, 0.3) is 17.4 Å². The lowest BCUT2D eigenvalue weighted by Gasteiger charge is -2.26. The highest BCUT2D eigenvalue weighted by Gasteiger charge is 2.32. The Hall–Kier alpha value is -3.82. The number of rotatable bonds is 1. The van der Waals surface area contributed by atoms with E-state index < -0.39 is 29.1 Å². The highest BCUT2D eigenvalue weighted by Crippen LogP contribution is 2.27. The number of benzene rings is 1. The average Bonchev–Trinajstić information content (AvgIpc) is 2.83. The van der Waals surface area contributed by atoms with E-state index in [-0.39, 0.29) is 16.9 Å². The molecule has 0 unspecified atom stereocenters. The van der Waals surface area contributed by atoms with Crippen LogP contribution in [0, 0.1) is 0 Å². The second kappa shape index (κ2) is 7.15. The fourth-order valence-corrected chi connectivity index (χ4v) is 3.64. The molecule has 10 nitrogen and oxygen atoms in total. The molecule has 2 aromatic rings. The maximum atomic E-state index is 12.7. The van der Waals surface area contributed by atoms with E-state index in [2.05, 4.69) is 10.6 Å². The molecule has 0 saturated carbocycles. The molecule has 2 aliphatic heterocycles. The van der Waals surface area contributed by atoms with Gasteiger partial charge in [-0.2, -0.15) is 0 Å². The van der Waals surface area contributed by atoms with Gasteiger partial charge in [-0.3, -0.25) is 24.3 Å². The summed E-state index contributed by atoms with van der Waals surface area (Å²) in [6.45, 7) is 6.71. The highest BCUT2D eigenvalue weighted by atomic mass is 16.6. The second-order valence-electron chi connectivity index (χ2n) is 8.45. The molecule has 1 aromatic heterocycles. The molecular weight excluding hydrogens is 402 g/mol. The molecule has 0 bridgehead atoms. The van der Waals surface area contributed by atoms with Crippen LogP contribution in [0.25, 0.3) is 5.69 Å². The Morgan fingerprint density at radius 3 is 2.58 bits per heavy atom. The third kappa shape index (κ3) is 3.72. The van der Waals surface area contributed by atoms with E-state index in [1.165, 1.54) is 4.57 Å². The summed E-state index contributed by atoms with van der Waals surface area (Å²) in [7, 11) is 0. The molecule has 4 N–H and O–H groups in total. The molecule has 0 atom stereocenters. The third-order valence-electron chi connectivity index (χ3n) is 5.02. The normalized spacial score (nSPS) is 15.5.